The van der Waals surface area contributed by atoms with Gasteiger partial charge in [-0.3, -0.25) is 0 Å². The van der Waals surface area contributed by atoms with Crippen molar-refractivity contribution in [2.45, 2.75) is 25.4 Å². The standard InChI is InChI=1S/C16H24N2O/c1-3-15(16-12-18-9-10-19-16)4-2-13(1)11-14-5-7-17-8-6-14/h1-4,14,16-18H,5-12H2. The summed E-state index contributed by atoms with van der Waals surface area (Å²) in [6, 6.07) is 9.06. The number of hydrogen-bond donors (Lipinski definition) is 2. The van der Waals surface area contributed by atoms with Crippen molar-refractivity contribution in [3.8, 4) is 0 Å². The highest BCUT2D eigenvalue weighted by Crippen LogP contribution is 2.22. The van der Waals surface area contributed by atoms with Gasteiger partial charge in [0, 0.05) is 13.1 Å². The highest BCUT2D eigenvalue weighted by Gasteiger charge is 2.16. The number of morpholine rings is 1. The van der Waals surface area contributed by atoms with Crippen LogP contribution < -0.4 is 10.6 Å². The zero-order chi connectivity index (χ0) is 12.9. The van der Waals surface area contributed by atoms with Gasteiger partial charge >= 0.3 is 0 Å². The normalized spacial score (nSPS) is 25.4. The predicted octanol–water partition coefficient (Wildman–Crippen LogP) is 1.89. The summed E-state index contributed by atoms with van der Waals surface area (Å²) in [6.07, 6.45) is 4.10. The average molecular weight is 260 g/mol. The summed E-state index contributed by atoms with van der Waals surface area (Å²) in [5, 5.41) is 6.81. The van der Waals surface area contributed by atoms with E-state index in [4.69, 9.17) is 4.74 Å². The highest BCUT2D eigenvalue weighted by atomic mass is 16.5. The third-order valence-corrected chi connectivity index (χ3v) is 4.26. The monoisotopic (exact) mass is 260 g/mol. The highest BCUT2D eigenvalue weighted by molar-refractivity contribution is 5.25. The SMILES string of the molecule is c1cc(C2CNCCO2)ccc1CC1CCNCC1. The van der Waals surface area contributed by atoms with Gasteiger partial charge in [0.15, 0.2) is 0 Å². The molecule has 1 atom stereocenters. The maximum Gasteiger partial charge on any atom is 0.0949 e. The maximum absolute atomic E-state index is 5.78. The van der Waals surface area contributed by atoms with E-state index in [9.17, 15) is 0 Å². The van der Waals surface area contributed by atoms with Crippen LogP contribution in [0.15, 0.2) is 24.3 Å². The molecule has 2 aliphatic heterocycles. The van der Waals surface area contributed by atoms with Gasteiger partial charge in [-0.1, -0.05) is 24.3 Å². The first-order chi connectivity index (χ1) is 9.42. The van der Waals surface area contributed by atoms with Crippen molar-refractivity contribution in [2.24, 2.45) is 5.92 Å². The Labute approximate surface area is 115 Å². The molecule has 0 amide bonds. The molecule has 2 fully saturated rings. The molecule has 2 heterocycles. The molecule has 1 unspecified atom stereocenters. The molecule has 2 aliphatic rings. The zero-order valence-corrected chi connectivity index (χ0v) is 11.5. The molecule has 0 aromatic heterocycles. The Balaban J connectivity index is 1.58. The first kappa shape index (κ1) is 13.1. The van der Waals surface area contributed by atoms with Crippen molar-refractivity contribution in [3.63, 3.8) is 0 Å². The Hall–Kier alpha value is -0.900. The quantitative estimate of drug-likeness (QED) is 0.871. The van der Waals surface area contributed by atoms with Crippen LogP contribution in [0.1, 0.15) is 30.1 Å². The lowest BCUT2D eigenvalue weighted by molar-refractivity contribution is 0.0277. The van der Waals surface area contributed by atoms with Gasteiger partial charge in [-0.15, -0.1) is 0 Å². The van der Waals surface area contributed by atoms with Crippen LogP contribution in [0.2, 0.25) is 0 Å². The number of piperidine rings is 1. The Morgan fingerprint density at radius 2 is 1.79 bits per heavy atom. The molecule has 0 spiro atoms. The topological polar surface area (TPSA) is 33.3 Å². The second-order valence-electron chi connectivity index (χ2n) is 5.70. The lowest BCUT2D eigenvalue weighted by Crippen LogP contribution is -2.33. The molecular formula is C16H24N2O. The van der Waals surface area contributed by atoms with Crippen LogP contribution >= 0.6 is 0 Å². The first-order valence-electron chi connectivity index (χ1n) is 7.54. The fraction of sp³-hybridized carbons (Fsp3) is 0.625. The molecule has 2 N–H and O–H groups in total. The van der Waals surface area contributed by atoms with E-state index in [1.54, 1.807) is 0 Å². The molecule has 2 saturated heterocycles. The van der Waals surface area contributed by atoms with E-state index in [0.717, 1.165) is 25.6 Å². The molecule has 3 nitrogen and oxygen atoms in total. The minimum absolute atomic E-state index is 0.238. The van der Waals surface area contributed by atoms with Gasteiger partial charge in [0.1, 0.15) is 0 Å². The third kappa shape index (κ3) is 3.56. The molecule has 1 aromatic rings. The van der Waals surface area contributed by atoms with Crippen molar-refractivity contribution in [1.29, 1.82) is 0 Å². The zero-order valence-electron chi connectivity index (χ0n) is 11.5. The number of ether oxygens (including phenoxy) is 1. The lowest BCUT2D eigenvalue weighted by atomic mass is 9.90. The van der Waals surface area contributed by atoms with Crippen LogP contribution in [0, 0.1) is 5.92 Å². The van der Waals surface area contributed by atoms with Gasteiger partial charge in [-0.05, 0) is 49.4 Å². The summed E-state index contributed by atoms with van der Waals surface area (Å²) >= 11 is 0. The third-order valence-electron chi connectivity index (χ3n) is 4.26. The van der Waals surface area contributed by atoms with Crippen molar-refractivity contribution >= 4 is 0 Å². The van der Waals surface area contributed by atoms with Crippen LogP contribution in [-0.4, -0.2) is 32.8 Å². The van der Waals surface area contributed by atoms with Crippen molar-refractivity contribution in [2.75, 3.05) is 32.8 Å². The van der Waals surface area contributed by atoms with Crippen molar-refractivity contribution in [3.05, 3.63) is 35.4 Å². The fourth-order valence-electron chi connectivity index (χ4n) is 3.07. The van der Waals surface area contributed by atoms with Gasteiger partial charge < -0.3 is 15.4 Å². The van der Waals surface area contributed by atoms with Crippen LogP contribution in [0.5, 0.6) is 0 Å². The van der Waals surface area contributed by atoms with Gasteiger partial charge in [0.05, 0.1) is 12.7 Å². The summed E-state index contributed by atoms with van der Waals surface area (Å²) in [6.45, 7) is 5.11. The number of rotatable bonds is 3. The van der Waals surface area contributed by atoms with Gasteiger partial charge in [0.2, 0.25) is 0 Å². The largest absolute Gasteiger partial charge is 0.371 e. The average Bonchev–Trinajstić information content (AvgIpc) is 2.50. The van der Waals surface area contributed by atoms with E-state index in [0.29, 0.717) is 0 Å². The second kappa shape index (κ2) is 6.51. The van der Waals surface area contributed by atoms with Crippen LogP contribution in [0.3, 0.4) is 0 Å². The second-order valence-corrected chi connectivity index (χ2v) is 5.70. The number of hydrogen-bond acceptors (Lipinski definition) is 3. The van der Waals surface area contributed by atoms with E-state index < -0.39 is 0 Å². The van der Waals surface area contributed by atoms with Crippen molar-refractivity contribution in [1.82, 2.24) is 10.6 Å². The predicted molar refractivity (Wildman–Crippen MR) is 77.3 cm³/mol. The van der Waals surface area contributed by atoms with Crippen LogP contribution in [-0.2, 0) is 11.2 Å². The van der Waals surface area contributed by atoms with E-state index in [-0.39, 0.29) is 6.10 Å². The fourth-order valence-corrected chi connectivity index (χ4v) is 3.07. The Bertz CT molecular complexity index is 378. The summed E-state index contributed by atoms with van der Waals surface area (Å²) in [4.78, 5) is 0. The van der Waals surface area contributed by atoms with Gasteiger partial charge in [-0.25, -0.2) is 0 Å². The molecule has 0 radical (unpaired) electrons. The summed E-state index contributed by atoms with van der Waals surface area (Å²) in [5.41, 5.74) is 2.78. The van der Waals surface area contributed by atoms with Crippen molar-refractivity contribution < 1.29 is 4.74 Å². The molecular weight excluding hydrogens is 236 g/mol. The van der Waals surface area contributed by atoms with E-state index in [1.165, 1.54) is 43.5 Å². The Morgan fingerprint density at radius 3 is 2.47 bits per heavy atom. The summed E-state index contributed by atoms with van der Waals surface area (Å²) in [5.74, 6) is 0.861. The molecule has 0 bridgehead atoms. The van der Waals surface area contributed by atoms with Crippen LogP contribution in [0.25, 0.3) is 0 Å². The smallest absolute Gasteiger partial charge is 0.0949 e. The molecule has 3 rings (SSSR count). The molecule has 0 saturated carbocycles. The molecule has 3 heteroatoms. The van der Waals surface area contributed by atoms with Gasteiger partial charge in [-0.2, -0.15) is 0 Å². The molecule has 0 aliphatic carbocycles. The maximum atomic E-state index is 5.78. The summed E-state index contributed by atoms with van der Waals surface area (Å²) < 4.78 is 5.78. The Morgan fingerprint density at radius 1 is 1.00 bits per heavy atom. The Kier molecular flexibility index (Phi) is 4.49. The van der Waals surface area contributed by atoms with E-state index >= 15 is 0 Å². The number of nitrogens with one attached hydrogen (secondary N) is 2. The number of benzene rings is 1. The molecule has 104 valence electrons. The van der Waals surface area contributed by atoms with Crippen LogP contribution in [0.4, 0.5) is 0 Å². The minimum atomic E-state index is 0.238. The van der Waals surface area contributed by atoms with Gasteiger partial charge in [0.25, 0.3) is 0 Å². The van der Waals surface area contributed by atoms with E-state index in [2.05, 4.69) is 34.9 Å². The summed E-state index contributed by atoms with van der Waals surface area (Å²) in [7, 11) is 0. The molecule has 19 heavy (non-hydrogen) atoms. The van der Waals surface area contributed by atoms with E-state index in [1.807, 2.05) is 0 Å². The minimum Gasteiger partial charge on any atom is -0.371 e. The molecule has 1 aromatic carbocycles. The lowest BCUT2D eigenvalue weighted by Gasteiger charge is -2.25. The first-order valence-corrected chi connectivity index (χ1v) is 7.54.